The Hall–Kier alpha value is -1.61. The summed E-state index contributed by atoms with van der Waals surface area (Å²) >= 11 is 0. The van der Waals surface area contributed by atoms with E-state index in [0.717, 1.165) is 18.8 Å². The van der Waals surface area contributed by atoms with Crippen LogP contribution in [0.15, 0.2) is 30.3 Å². The number of benzene rings is 1. The smallest absolute Gasteiger partial charge is 0.0814 e. The van der Waals surface area contributed by atoms with E-state index in [9.17, 15) is 0 Å². The molecule has 76 valence electrons. The van der Waals surface area contributed by atoms with E-state index in [0.29, 0.717) is 0 Å². The van der Waals surface area contributed by atoms with Crippen LogP contribution >= 0.6 is 0 Å². The molecule has 3 nitrogen and oxygen atoms in total. The van der Waals surface area contributed by atoms with Crippen molar-refractivity contribution in [2.45, 2.75) is 20.0 Å². The number of para-hydroxylation sites is 1. The normalized spacial score (nSPS) is 14.2. The summed E-state index contributed by atoms with van der Waals surface area (Å²) < 4.78 is 2.03. The fraction of sp³-hybridized carbons (Fsp3) is 0.250. The van der Waals surface area contributed by atoms with Crippen molar-refractivity contribution in [2.75, 3.05) is 0 Å². The van der Waals surface area contributed by atoms with Crippen molar-refractivity contribution in [1.29, 1.82) is 0 Å². The molecule has 0 unspecified atom stereocenters. The van der Waals surface area contributed by atoms with Gasteiger partial charge in [-0.05, 0) is 19.1 Å². The maximum atomic E-state index is 4.61. The average molecular weight is 199 g/mol. The van der Waals surface area contributed by atoms with Gasteiger partial charge in [-0.15, -0.1) is 0 Å². The number of rotatable bonds is 1. The molecule has 1 aromatic carbocycles. The third kappa shape index (κ3) is 1.27. The summed E-state index contributed by atoms with van der Waals surface area (Å²) in [5.41, 5.74) is 4.95. The Kier molecular flexibility index (Phi) is 1.86. The second-order valence-corrected chi connectivity index (χ2v) is 3.86. The molecule has 0 saturated carbocycles. The molecule has 2 heterocycles. The molecule has 1 aliphatic heterocycles. The van der Waals surface area contributed by atoms with Crippen LogP contribution < -0.4 is 5.32 Å². The van der Waals surface area contributed by atoms with Gasteiger partial charge in [-0.2, -0.15) is 5.10 Å². The molecule has 0 bridgehead atoms. The molecule has 0 amide bonds. The predicted octanol–water partition coefficient (Wildman–Crippen LogP) is 1.78. The minimum Gasteiger partial charge on any atom is -0.307 e. The lowest BCUT2D eigenvalue weighted by atomic mass is 10.2. The number of nitrogens with zero attached hydrogens (tertiary/aromatic N) is 2. The molecular weight excluding hydrogens is 186 g/mol. The van der Waals surface area contributed by atoms with Gasteiger partial charge < -0.3 is 5.32 Å². The van der Waals surface area contributed by atoms with Crippen LogP contribution in [0.4, 0.5) is 0 Å². The molecule has 0 atom stereocenters. The second-order valence-electron chi connectivity index (χ2n) is 3.86. The number of hydrogen-bond donors (Lipinski definition) is 1. The van der Waals surface area contributed by atoms with Crippen LogP contribution in [0.3, 0.4) is 0 Å². The third-order valence-electron chi connectivity index (χ3n) is 2.92. The standard InChI is InChI=1S/C12H13N3/c1-9-11-7-13-8-12(11)14-15(9)10-5-3-2-4-6-10/h2-6,13H,7-8H2,1H3. The molecule has 15 heavy (non-hydrogen) atoms. The van der Waals surface area contributed by atoms with Crippen molar-refractivity contribution in [3.8, 4) is 5.69 Å². The highest BCUT2D eigenvalue weighted by atomic mass is 15.3. The van der Waals surface area contributed by atoms with Gasteiger partial charge in [0.15, 0.2) is 0 Å². The summed E-state index contributed by atoms with van der Waals surface area (Å²) in [6, 6.07) is 10.3. The molecule has 1 aliphatic rings. The van der Waals surface area contributed by atoms with Gasteiger partial charge >= 0.3 is 0 Å². The molecule has 0 radical (unpaired) electrons. The Bertz CT molecular complexity index is 485. The van der Waals surface area contributed by atoms with Crippen LogP contribution in [0, 0.1) is 6.92 Å². The van der Waals surface area contributed by atoms with E-state index in [1.54, 1.807) is 0 Å². The number of nitrogens with one attached hydrogen (secondary N) is 1. The zero-order valence-corrected chi connectivity index (χ0v) is 8.70. The maximum absolute atomic E-state index is 4.61. The fourth-order valence-electron chi connectivity index (χ4n) is 2.09. The number of aromatic nitrogens is 2. The number of hydrogen-bond acceptors (Lipinski definition) is 2. The lowest BCUT2D eigenvalue weighted by molar-refractivity contribution is 0.711. The van der Waals surface area contributed by atoms with E-state index in [1.807, 2.05) is 22.9 Å². The largest absolute Gasteiger partial charge is 0.307 e. The SMILES string of the molecule is Cc1c2c(nn1-c1ccccc1)CNC2. The van der Waals surface area contributed by atoms with Crippen LogP contribution in [0.1, 0.15) is 17.0 Å². The van der Waals surface area contributed by atoms with Crippen LogP contribution in [-0.4, -0.2) is 9.78 Å². The minimum absolute atomic E-state index is 0.899. The molecule has 0 aliphatic carbocycles. The molecule has 1 aromatic heterocycles. The molecule has 0 spiro atoms. The lowest BCUT2D eigenvalue weighted by Gasteiger charge is -2.04. The Morgan fingerprint density at radius 3 is 2.73 bits per heavy atom. The minimum atomic E-state index is 0.899. The van der Waals surface area contributed by atoms with Crippen LogP contribution in [-0.2, 0) is 13.1 Å². The summed E-state index contributed by atoms with van der Waals surface area (Å²) in [5, 5.41) is 7.93. The van der Waals surface area contributed by atoms with Crippen LogP contribution in [0.5, 0.6) is 0 Å². The first-order chi connectivity index (χ1) is 7.36. The van der Waals surface area contributed by atoms with Crippen molar-refractivity contribution >= 4 is 0 Å². The van der Waals surface area contributed by atoms with Gasteiger partial charge in [0.2, 0.25) is 0 Å². The van der Waals surface area contributed by atoms with Crippen molar-refractivity contribution in [3.63, 3.8) is 0 Å². The van der Waals surface area contributed by atoms with E-state index in [-0.39, 0.29) is 0 Å². The lowest BCUT2D eigenvalue weighted by Crippen LogP contribution is -2.07. The second kappa shape index (κ2) is 3.21. The summed E-state index contributed by atoms with van der Waals surface area (Å²) in [7, 11) is 0. The summed E-state index contributed by atoms with van der Waals surface area (Å²) in [6.07, 6.45) is 0. The summed E-state index contributed by atoms with van der Waals surface area (Å²) in [5.74, 6) is 0. The predicted molar refractivity (Wildman–Crippen MR) is 58.8 cm³/mol. The highest BCUT2D eigenvalue weighted by Crippen LogP contribution is 2.21. The molecule has 2 aromatic rings. The average Bonchev–Trinajstić information content (AvgIpc) is 2.83. The first-order valence-corrected chi connectivity index (χ1v) is 5.20. The quantitative estimate of drug-likeness (QED) is 0.758. The van der Waals surface area contributed by atoms with Gasteiger partial charge in [0.05, 0.1) is 11.4 Å². The van der Waals surface area contributed by atoms with E-state index in [2.05, 4.69) is 29.5 Å². The van der Waals surface area contributed by atoms with Crippen molar-refractivity contribution in [3.05, 3.63) is 47.3 Å². The van der Waals surface area contributed by atoms with Gasteiger partial charge in [-0.3, -0.25) is 0 Å². The Labute approximate surface area is 88.7 Å². The zero-order chi connectivity index (χ0) is 10.3. The maximum Gasteiger partial charge on any atom is 0.0814 e. The fourth-order valence-corrected chi connectivity index (χ4v) is 2.09. The van der Waals surface area contributed by atoms with Gasteiger partial charge in [0.1, 0.15) is 0 Å². The molecular formula is C12H13N3. The highest BCUT2D eigenvalue weighted by molar-refractivity contribution is 5.38. The number of fused-ring (bicyclic) bond motifs is 1. The summed E-state index contributed by atoms with van der Waals surface area (Å²) in [6.45, 7) is 3.98. The van der Waals surface area contributed by atoms with Gasteiger partial charge in [0, 0.05) is 24.3 Å². The molecule has 3 rings (SSSR count). The van der Waals surface area contributed by atoms with E-state index in [4.69, 9.17) is 0 Å². The topological polar surface area (TPSA) is 29.9 Å². The molecule has 3 heteroatoms. The van der Waals surface area contributed by atoms with E-state index in [1.165, 1.54) is 17.0 Å². The van der Waals surface area contributed by atoms with Gasteiger partial charge in [0.25, 0.3) is 0 Å². The Morgan fingerprint density at radius 1 is 1.20 bits per heavy atom. The molecule has 0 saturated heterocycles. The van der Waals surface area contributed by atoms with Crippen molar-refractivity contribution < 1.29 is 0 Å². The first-order valence-electron chi connectivity index (χ1n) is 5.20. The first kappa shape index (κ1) is 8.68. The van der Waals surface area contributed by atoms with E-state index >= 15 is 0 Å². The molecule has 0 fully saturated rings. The van der Waals surface area contributed by atoms with Crippen molar-refractivity contribution in [1.82, 2.24) is 15.1 Å². The Balaban J connectivity index is 2.14. The monoisotopic (exact) mass is 199 g/mol. The van der Waals surface area contributed by atoms with Gasteiger partial charge in [-0.25, -0.2) is 4.68 Å². The van der Waals surface area contributed by atoms with Crippen LogP contribution in [0.2, 0.25) is 0 Å². The van der Waals surface area contributed by atoms with Gasteiger partial charge in [-0.1, -0.05) is 18.2 Å². The zero-order valence-electron chi connectivity index (χ0n) is 8.70. The third-order valence-corrected chi connectivity index (χ3v) is 2.92. The van der Waals surface area contributed by atoms with E-state index < -0.39 is 0 Å². The summed E-state index contributed by atoms with van der Waals surface area (Å²) in [4.78, 5) is 0. The van der Waals surface area contributed by atoms with Crippen LogP contribution in [0.25, 0.3) is 5.69 Å². The Morgan fingerprint density at radius 2 is 2.00 bits per heavy atom. The molecule has 1 N–H and O–H groups in total. The highest BCUT2D eigenvalue weighted by Gasteiger charge is 2.19. The van der Waals surface area contributed by atoms with Crippen molar-refractivity contribution in [2.24, 2.45) is 0 Å².